The molecule has 9 nitrogen and oxygen atoms in total. The molecule has 0 fully saturated rings. The van der Waals surface area contributed by atoms with E-state index in [0.717, 1.165) is 12.2 Å². The zero-order valence-electron chi connectivity index (χ0n) is 15.4. The number of carbonyl (C=O) groups is 1. The topological polar surface area (TPSA) is 107 Å². The van der Waals surface area contributed by atoms with Crippen LogP contribution >= 0.6 is 0 Å². The second-order valence-electron chi connectivity index (χ2n) is 5.94. The lowest BCUT2D eigenvalue weighted by Crippen LogP contribution is -2.25. The number of nitrogens with zero attached hydrogens (tertiary/aromatic N) is 4. The minimum absolute atomic E-state index is 0.0182. The van der Waals surface area contributed by atoms with E-state index < -0.39 is 0 Å². The molecule has 0 unspecified atom stereocenters. The molecule has 3 rings (SSSR count). The van der Waals surface area contributed by atoms with E-state index >= 15 is 0 Å². The predicted molar refractivity (Wildman–Crippen MR) is 99.3 cm³/mol. The molecule has 0 saturated carbocycles. The maximum Gasteiger partial charge on any atom is 0.220 e. The molecule has 0 radical (unpaired) electrons. The molecule has 9 heteroatoms. The Morgan fingerprint density at radius 2 is 2.22 bits per heavy atom. The lowest BCUT2D eigenvalue weighted by Gasteiger charge is -2.06. The van der Waals surface area contributed by atoms with Crippen molar-refractivity contribution in [2.24, 2.45) is 0 Å². The van der Waals surface area contributed by atoms with Crippen LogP contribution in [0.3, 0.4) is 0 Å². The zero-order valence-corrected chi connectivity index (χ0v) is 15.4. The Labute approximate surface area is 157 Å². The van der Waals surface area contributed by atoms with Gasteiger partial charge >= 0.3 is 0 Å². The van der Waals surface area contributed by atoms with Crippen LogP contribution in [0, 0.1) is 0 Å². The highest BCUT2D eigenvalue weighted by Crippen LogP contribution is 2.10. The molecule has 2 N–H and O–H groups in total. The van der Waals surface area contributed by atoms with Crippen LogP contribution in [0.2, 0.25) is 0 Å². The summed E-state index contributed by atoms with van der Waals surface area (Å²) in [6.45, 7) is 4.45. The third-order valence-electron chi connectivity index (χ3n) is 3.92. The van der Waals surface area contributed by atoms with E-state index in [-0.39, 0.29) is 5.91 Å². The maximum atomic E-state index is 12.0. The SMILES string of the molecule is CCOCCCNC(=O)CCc1nnc2ccc(NCc3ccco3)nn12. The summed E-state index contributed by atoms with van der Waals surface area (Å²) in [7, 11) is 0. The van der Waals surface area contributed by atoms with Gasteiger partial charge < -0.3 is 19.8 Å². The van der Waals surface area contributed by atoms with Gasteiger partial charge in [-0.15, -0.1) is 15.3 Å². The molecule has 1 amide bonds. The first kappa shape index (κ1) is 18.8. The molecule has 0 aliphatic carbocycles. The standard InChI is InChI=1S/C18H24N6O3/c1-2-26-11-4-10-19-18(25)9-8-17-22-21-16-7-6-15(23-24(16)17)20-13-14-5-3-12-27-14/h3,5-7,12H,2,4,8-11,13H2,1H3,(H,19,25)(H,20,23). The molecule has 3 heterocycles. The number of furan rings is 1. The van der Waals surface area contributed by atoms with Crippen molar-refractivity contribution in [2.75, 3.05) is 25.1 Å². The van der Waals surface area contributed by atoms with Gasteiger partial charge in [0.25, 0.3) is 0 Å². The van der Waals surface area contributed by atoms with E-state index in [2.05, 4.69) is 25.9 Å². The van der Waals surface area contributed by atoms with Gasteiger partial charge in [-0.1, -0.05) is 0 Å². The fraction of sp³-hybridized carbons (Fsp3) is 0.444. The first-order valence-electron chi connectivity index (χ1n) is 9.08. The molecule has 0 saturated heterocycles. The number of aryl methyl sites for hydroxylation is 1. The summed E-state index contributed by atoms with van der Waals surface area (Å²) in [5, 5.41) is 18.8. The van der Waals surface area contributed by atoms with Gasteiger partial charge in [-0.2, -0.15) is 4.52 Å². The van der Waals surface area contributed by atoms with Crippen molar-refractivity contribution in [2.45, 2.75) is 32.7 Å². The summed E-state index contributed by atoms with van der Waals surface area (Å²) in [6.07, 6.45) is 3.24. The Bertz CT molecular complexity index is 846. The van der Waals surface area contributed by atoms with E-state index in [9.17, 15) is 4.79 Å². The quantitative estimate of drug-likeness (QED) is 0.494. The normalized spacial score (nSPS) is 11.0. The number of aromatic nitrogens is 4. The van der Waals surface area contributed by atoms with Crippen LogP contribution in [0.5, 0.6) is 0 Å². The average Bonchev–Trinajstić information content (AvgIpc) is 3.34. The van der Waals surface area contributed by atoms with Crippen molar-refractivity contribution in [3.05, 3.63) is 42.1 Å². The van der Waals surface area contributed by atoms with Crippen LogP contribution < -0.4 is 10.6 Å². The van der Waals surface area contributed by atoms with Crippen LogP contribution in [-0.4, -0.2) is 45.5 Å². The average molecular weight is 372 g/mol. The number of hydrogen-bond acceptors (Lipinski definition) is 7. The maximum absolute atomic E-state index is 12.0. The van der Waals surface area contributed by atoms with Gasteiger partial charge in [-0.3, -0.25) is 4.79 Å². The van der Waals surface area contributed by atoms with Gasteiger partial charge in [0.15, 0.2) is 11.5 Å². The van der Waals surface area contributed by atoms with Crippen molar-refractivity contribution in [1.82, 2.24) is 25.1 Å². The lowest BCUT2D eigenvalue weighted by molar-refractivity contribution is -0.121. The van der Waals surface area contributed by atoms with Crippen molar-refractivity contribution in [3.8, 4) is 0 Å². The van der Waals surface area contributed by atoms with Crippen LogP contribution in [0.15, 0.2) is 34.9 Å². The number of anilines is 1. The van der Waals surface area contributed by atoms with E-state index in [1.807, 2.05) is 31.2 Å². The van der Waals surface area contributed by atoms with Crippen molar-refractivity contribution in [3.63, 3.8) is 0 Å². The second kappa shape index (κ2) is 9.67. The third kappa shape index (κ3) is 5.52. The highest BCUT2D eigenvalue weighted by atomic mass is 16.5. The summed E-state index contributed by atoms with van der Waals surface area (Å²) < 4.78 is 12.2. The Morgan fingerprint density at radius 1 is 1.30 bits per heavy atom. The second-order valence-corrected chi connectivity index (χ2v) is 5.94. The number of ether oxygens (including phenoxy) is 1. The van der Waals surface area contributed by atoms with Crippen molar-refractivity contribution >= 4 is 17.4 Å². The summed E-state index contributed by atoms with van der Waals surface area (Å²) in [6, 6.07) is 7.40. The molecule has 0 aliphatic rings. The highest BCUT2D eigenvalue weighted by Gasteiger charge is 2.10. The monoisotopic (exact) mass is 372 g/mol. The Hall–Kier alpha value is -2.94. The number of fused-ring (bicyclic) bond motifs is 1. The minimum Gasteiger partial charge on any atom is -0.467 e. The van der Waals surface area contributed by atoms with E-state index in [1.165, 1.54) is 0 Å². The number of carbonyl (C=O) groups excluding carboxylic acids is 1. The van der Waals surface area contributed by atoms with E-state index in [4.69, 9.17) is 9.15 Å². The molecule has 0 aromatic carbocycles. The molecule has 144 valence electrons. The van der Waals surface area contributed by atoms with Crippen LogP contribution in [0.25, 0.3) is 5.65 Å². The Morgan fingerprint density at radius 3 is 3.04 bits per heavy atom. The fourth-order valence-electron chi connectivity index (χ4n) is 2.53. The fourth-order valence-corrected chi connectivity index (χ4v) is 2.53. The van der Waals surface area contributed by atoms with Crippen molar-refractivity contribution in [1.29, 1.82) is 0 Å². The van der Waals surface area contributed by atoms with Gasteiger partial charge in [0.05, 0.1) is 12.8 Å². The molecular formula is C18H24N6O3. The first-order valence-corrected chi connectivity index (χ1v) is 9.08. The lowest BCUT2D eigenvalue weighted by atomic mass is 10.3. The van der Waals surface area contributed by atoms with Gasteiger partial charge in [0, 0.05) is 32.6 Å². The highest BCUT2D eigenvalue weighted by molar-refractivity contribution is 5.76. The number of amides is 1. The summed E-state index contributed by atoms with van der Waals surface area (Å²) in [4.78, 5) is 12.0. The Kier molecular flexibility index (Phi) is 6.75. The van der Waals surface area contributed by atoms with E-state index in [0.29, 0.717) is 56.4 Å². The van der Waals surface area contributed by atoms with Gasteiger partial charge in [0.2, 0.25) is 5.91 Å². The molecule has 3 aromatic rings. The van der Waals surface area contributed by atoms with E-state index in [1.54, 1.807) is 10.8 Å². The van der Waals surface area contributed by atoms with Gasteiger partial charge in [0.1, 0.15) is 11.6 Å². The molecule has 0 spiro atoms. The summed E-state index contributed by atoms with van der Waals surface area (Å²) in [5.74, 6) is 2.13. The molecule has 0 atom stereocenters. The first-order chi connectivity index (χ1) is 13.3. The minimum atomic E-state index is -0.0182. The van der Waals surface area contributed by atoms with Gasteiger partial charge in [-0.05, 0) is 37.6 Å². The third-order valence-corrected chi connectivity index (χ3v) is 3.92. The van der Waals surface area contributed by atoms with Crippen molar-refractivity contribution < 1.29 is 13.9 Å². The van der Waals surface area contributed by atoms with Crippen LogP contribution in [0.1, 0.15) is 31.4 Å². The summed E-state index contributed by atoms with van der Waals surface area (Å²) >= 11 is 0. The molecule has 3 aromatic heterocycles. The number of rotatable bonds is 11. The van der Waals surface area contributed by atoms with Gasteiger partial charge in [-0.25, -0.2) is 0 Å². The molecule has 27 heavy (non-hydrogen) atoms. The number of hydrogen-bond donors (Lipinski definition) is 2. The molecular weight excluding hydrogens is 348 g/mol. The zero-order chi connectivity index (χ0) is 18.9. The smallest absolute Gasteiger partial charge is 0.220 e. The predicted octanol–water partition coefficient (Wildman–Crippen LogP) is 1.80. The summed E-state index contributed by atoms with van der Waals surface area (Å²) in [5.41, 5.74) is 0.644. The van der Waals surface area contributed by atoms with Crippen LogP contribution in [-0.2, 0) is 22.5 Å². The molecule has 0 aliphatic heterocycles. The molecule has 0 bridgehead atoms. The number of nitrogens with one attached hydrogen (secondary N) is 2. The van der Waals surface area contributed by atoms with Crippen LogP contribution in [0.4, 0.5) is 5.82 Å². The largest absolute Gasteiger partial charge is 0.467 e. The Balaban J connectivity index is 1.52.